The monoisotopic (exact) mass is 437 g/mol. The first kappa shape index (κ1) is 20.7. The number of esters is 1. The van der Waals surface area contributed by atoms with Gasteiger partial charge in [-0.3, -0.25) is 14.8 Å². The highest BCUT2D eigenvalue weighted by atomic mass is 16.5. The largest absolute Gasteiger partial charge is 0.462 e. The van der Waals surface area contributed by atoms with Crippen molar-refractivity contribution in [3.8, 4) is 11.3 Å². The van der Waals surface area contributed by atoms with E-state index in [1.165, 1.54) is 0 Å². The average molecular weight is 437 g/mol. The number of anilines is 1. The molecule has 0 spiro atoms. The van der Waals surface area contributed by atoms with Crippen LogP contribution >= 0.6 is 0 Å². The van der Waals surface area contributed by atoms with Crippen LogP contribution in [0.3, 0.4) is 0 Å². The summed E-state index contributed by atoms with van der Waals surface area (Å²) in [5.41, 5.74) is 6.31. The Kier molecular flexibility index (Phi) is 5.26. The van der Waals surface area contributed by atoms with Crippen molar-refractivity contribution in [2.75, 3.05) is 11.5 Å². The van der Waals surface area contributed by atoms with Gasteiger partial charge < -0.3 is 4.74 Å². The van der Waals surface area contributed by atoms with Crippen LogP contribution in [-0.2, 0) is 4.74 Å². The predicted octanol–water partition coefficient (Wildman–Crippen LogP) is 5.31. The third kappa shape index (κ3) is 3.59. The van der Waals surface area contributed by atoms with E-state index in [1.807, 2.05) is 61.5 Å². The SMILES string of the molecule is CCOC(=O)c1ccc(N2C(=O)c3[nH]nc(-c4ccccc4)c3C2c2ccc(C)cc2)cc1. The van der Waals surface area contributed by atoms with Gasteiger partial charge in [-0.15, -0.1) is 0 Å². The number of aromatic amines is 1. The lowest BCUT2D eigenvalue weighted by Gasteiger charge is -2.26. The molecule has 0 saturated heterocycles. The second kappa shape index (κ2) is 8.39. The number of nitrogens with one attached hydrogen (secondary N) is 1. The molecule has 6 heteroatoms. The molecule has 1 N–H and O–H groups in total. The van der Waals surface area contributed by atoms with Gasteiger partial charge in [0, 0.05) is 16.8 Å². The number of amides is 1. The van der Waals surface area contributed by atoms with Gasteiger partial charge in [-0.25, -0.2) is 4.79 Å². The Labute approximate surface area is 191 Å². The molecule has 1 aliphatic heterocycles. The first-order valence-corrected chi connectivity index (χ1v) is 10.9. The summed E-state index contributed by atoms with van der Waals surface area (Å²) in [6.45, 7) is 4.12. The standard InChI is InChI=1S/C27H23N3O3/c1-3-33-27(32)20-13-15-21(16-14-20)30-25(19-11-9-17(2)10-12-19)22-23(18-7-5-4-6-8-18)28-29-24(22)26(30)31/h4-16,25H,3H2,1-2H3,(H,28,29). The van der Waals surface area contributed by atoms with E-state index >= 15 is 0 Å². The Morgan fingerprint density at radius 3 is 2.36 bits per heavy atom. The molecule has 0 bridgehead atoms. The van der Waals surface area contributed by atoms with Crippen LogP contribution in [0.5, 0.6) is 0 Å². The van der Waals surface area contributed by atoms with Crippen molar-refractivity contribution >= 4 is 17.6 Å². The van der Waals surface area contributed by atoms with Crippen LogP contribution in [0.25, 0.3) is 11.3 Å². The summed E-state index contributed by atoms with van der Waals surface area (Å²) in [6, 6.07) is 24.6. The minimum Gasteiger partial charge on any atom is -0.462 e. The number of aryl methyl sites for hydroxylation is 1. The predicted molar refractivity (Wildman–Crippen MR) is 126 cm³/mol. The zero-order valence-corrected chi connectivity index (χ0v) is 18.4. The van der Waals surface area contributed by atoms with E-state index in [1.54, 1.807) is 36.1 Å². The van der Waals surface area contributed by atoms with Crippen LogP contribution in [0.1, 0.15) is 50.5 Å². The molecule has 1 atom stereocenters. The number of rotatable bonds is 5. The van der Waals surface area contributed by atoms with Crippen LogP contribution in [0.15, 0.2) is 78.9 Å². The Morgan fingerprint density at radius 2 is 1.70 bits per heavy atom. The number of hydrogen-bond acceptors (Lipinski definition) is 4. The first-order valence-electron chi connectivity index (χ1n) is 10.9. The van der Waals surface area contributed by atoms with Crippen LogP contribution in [0.2, 0.25) is 0 Å². The minimum absolute atomic E-state index is 0.158. The number of benzene rings is 3. The Hall–Kier alpha value is -4.19. The molecular weight excluding hydrogens is 414 g/mol. The van der Waals surface area contributed by atoms with Crippen molar-refractivity contribution in [3.63, 3.8) is 0 Å². The maximum absolute atomic E-state index is 13.6. The second-order valence-corrected chi connectivity index (χ2v) is 7.98. The fourth-order valence-electron chi connectivity index (χ4n) is 4.27. The summed E-state index contributed by atoms with van der Waals surface area (Å²) in [6.07, 6.45) is 0. The summed E-state index contributed by atoms with van der Waals surface area (Å²) in [7, 11) is 0. The van der Waals surface area contributed by atoms with Gasteiger partial charge in [-0.05, 0) is 43.7 Å². The van der Waals surface area contributed by atoms with Gasteiger partial charge in [0.05, 0.1) is 23.9 Å². The molecule has 5 rings (SSSR count). The molecule has 3 aromatic carbocycles. The summed E-state index contributed by atoms with van der Waals surface area (Å²) in [4.78, 5) is 27.4. The van der Waals surface area contributed by atoms with E-state index in [4.69, 9.17) is 4.74 Å². The zero-order chi connectivity index (χ0) is 22.9. The van der Waals surface area contributed by atoms with Crippen molar-refractivity contribution in [2.24, 2.45) is 0 Å². The summed E-state index contributed by atoms with van der Waals surface area (Å²) >= 11 is 0. The van der Waals surface area contributed by atoms with Crippen LogP contribution in [0.4, 0.5) is 5.69 Å². The van der Waals surface area contributed by atoms with Gasteiger partial charge in [0.1, 0.15) is 5.69 Å². The summed E-state index contributed by atoms with van der Waals surface area (Å²) < 4.78 is 5.09. The van der Waals surface area contributed by atoms with E-state index in [2.05, 4.69) is 10.2 Å². The molecule has 1 aliphatic rings. The highest BCUT2D eigenvalue weighted by Gasteiger charge is 2.43. The average Bonchev–Trinajstić information content (AvgIpc) is 3.39. The van der Waals surface area contributed by atoms with Gasteiger partial charge in [0.25, 0.3) is 5.91 Å². The highest BCUT2D eigenvalue weighted by molar-refractivity contribution is 6.11. The van der Waals surface area contributed by atoms with E-state index in [0.29, 0.717) is 23.6 Å². The summed E-state index contributed by atoms with van der Waals surface area (Å²) in [5, 5.41) is 7.48. The molecule has 1 amide bonds. The Balaban J connectivity index is 1.63. The molecule has 1 unspecified atom stereocenters. The second-order valence-electron chi connectivity index (χ2n) is 7.98. The van der Waals surface area contributed by atoms with Crippen LogP contribution < -0.4 is 4.90 Å². The fraction of sp³-hybridized carbons (Fsp3) is 0.148. The van der Waals surface area contributed by atoms with E-state index < -0.39 is 0 Å². The lowest BCUT2D eigenvalue weighted by molar-refractivity contribution is 0.0526. The zero-order valence-electron chi connectivity index (χ0n) is 18.4. The van der Waals surface area contributed by atoms with Crippen molar-refractivity contribution in [1.29, 1.82) is 0 Å². The van der Waals surface area contributed by atoms with E-state index in [0.717, 1.165) is 27.9 Å². The highest BCUT2D eigenvalue weighted by Crippen LogP contribution is 2.45. The van der Waals surface area contributed by atoms with E-state index in [9.17, 15) is 9.59 Å². The number of H-pyrrole nitrogens is 1. The minimum atomic E-state index is -0.382. The molecule has 0 aliphatic carbocycles. The molecule has 0 radical (unpaired) electrons. The van der Waals surface area contributed by atoms with Gasteiger partial charge in [-0.2, -0.15) is 5.10 Å². The molecule has 0 fully saturated rings. The Bertz CT molecular complexity index is 1310. The van der Waals surface area contributed by atoms with Gasteiger partial charge in [0.15, 0.2) is 0 Å². The number of aromatic nitrogens is 2. The number of fused-ring (bicyclic) bond motifs is 1. The fourth-order valence-corrected chi connectivity index (χ4v) is 4.27. The molecule has 2 heterocycles. The molecule has 1 aromatic heterocycles. The number of carbonyl (C=O) groups is 2. The van der Waals surface area contributed by atoms with Crippen LogP contribution in [-0.4, -0.2) is 28.7 Å². The normalized spacial score (nSPS) is 14.9. The molecule has 33 heavy (non-hydrogen) atoms. The van der Waals surface area contributed by atoms with Gasteiger partial charge >= 0.3 is 5.97 Å². The quantitative estimate of drug-likeness (QED) is 0.429. The maximum Gasteiger partial charge on any atom is 0.338 e. The summed E-state index contributed by atoms with van der Waals surface area (Å²) in [5.74, 6) is -0.540. The van der Waals surface area contributed by atoms with Crippen molar-refractivity contribution in [3.05, 3.63) is 107 Å². The molecule has 0 saturated carbocycles. The van der Waals surface area contributed by atoms with Gasteiger partial charge in [0.2, 0.25) is 0 Å². The van der Waals surface area contributed by atoms with Gasteiger partial charge in [-0.1, -0.05) is 60.2 Å². The lowest BCUT2D eigenvalue weighted by atomic mass is 9.95. The Morgan fingerprint density at radius 1 is 1.00 bits per heavy atom. The number of nitrogens with zero attached hydrogens (tertiary/aromatic N) is 2. The smallest absolute Gasteiger partial charge is 0.338 e. The third-order valence-corrected chi connectivity index (χ3v) is 5.87. The van der Waals surface area contributed by atoms with Crippen LogP contribution in [0, 0.1) is 6.92 Å². The molecule has 6 nitrogen and oxygen atoms in total. The third-order valence-electron chi connectivity index (χ3n) is 5.87. The number of ether oxygens (including phenoxy) is 1. The maximum atomic E-state index is 13.6. The molecular formula is C27H23N3O3. The topological polar surface area (TPSA) is 75.3 Å². The number of hydrogen-bond donors (Lipinski definition) is 1. The molecule has 164 valence electrons. The lowest BCUT2D eigenvalue weighted by Crippen LogP contribution is -2.29. The van der Waals surface area contributed by atoms with Crippen molar-refractivity contribution in [2.45, 2.75) is 19.9 Å². The van der Waals surface area contributed by atoms with Crippen molar-refractivity contribution in [1.82, 2.24) is 10.2 Å². The molecule has 4 aromatic rings. The first-order chi connectivity index (χ1) is 16.1. The van der Waals surface area contributed by atoms with E-state index in [-0.39, 0.29) is 17.9 Å². The van der Waals surface area contributed by atoms with Crippen molar-refractivity contribution < 1.29 is 14.3 Å². The number of carbonyl (C=O) groups excluding carboxylic acids is 2.